The van der Waals surface area contributed by atoms with Gasteiger partial charge in [-0.2, -0.15) is 0 Å². The zero-order valence-electron chi connectivity index (χ0n) is 12.4. The van der Waals surface area contributed by atoms with Gasteiger partial charge in [0.15, 0.2) is 0 Å². The average Bonchev–Trinajstić information content (AvgIpc) is 2.29. The third-order valence-corrected chi connectivity index (χ3v) is 3.94. The molecule has 0 amide bonds. The minimum Gasteiger partial charge on any atom is -0.748 e. The van der Waals surface area contributed by atoms with Crippen LogP contribution in [0.3, 0.4) is 0 Å². The molecule has 4 nitrogen and oxygen atoms in total. The first kappa shape index (κ1) is 22.2. The molecule has 6 heteroatoms. The minimum atomic E-state index is -4.01. The van der Waals surface area contributed by atoms with Gasteiger partial charge in [0.2, 0.25) is 0 Å². The predicted octanol–water partition coefficient (Wildman–Crippen LogP) is -0.183. The van der Waals surface area contributed by atoms with E-state index in [1.807, 2.05) is 6.92 Å². The summed E-state index contributed by atoms with van der Waals surface area (Å²) in [5, 5.41) is 9.35. The van der Waals surface area contributed by atoms with Crippen molar-refractivity contribution in [1.29, 1.82) is 0 Å². The van der Waals surface area contributed by atoms with Crippen LogP contribution in [0.5, 0.6) is 0 Å². The predicted molar refractivity (Wildman–Crippen MR) is 72.4 cm³/mol. The van der Waals surface area contributed by atoms with Crippen molar-refractivity contribution in [2.24, 2.45) is 0 Å². The fraction of sp³-hybridized carbons (Fsp3) is 1.00. The Morgan fingerprint density at radius 1 is 0.947 bits per heavy atom. The fourth-order valence-electron chi connectivity index (χ4n) is 1.92. The summed E-state index contributed by atoms with van der Waals surface area (Å²) in [5.74, 6) is -0.220. The van der Waals surface area contributed by atoms with Gasteiger partial charge in [0.25, 0.3) is 0 Å². The van der Waals surface area contributed by atoms with Gasteiger partial charge in [-0.25, -0.2) is 8.42 Å². The summed E-state index contributed by atoms with van der Waals surface area (Å²) in [7, 11) is -4.01. The van der Waals surface area contributed by atoms with Crippen molar-refractivity contribution in [3.63, 3.8) is 0 Å². The normalized spacial score (nSPS) is 13.0. The van der Waals surface area contributed by atoms with Gasteiger partial charge in [-0.1, -0.05) is 51.9 Å². The number of hydrogen-bond donors (Lipinski definition) is 1. The second-order valence-corrected chi connectivity index (χ2v) is 6.46. The van der Waals surface area contributed by atoms with E-state index in [9.17, 15) is 18.1 Å². The van der Waals surface area contributed by atoms with Crippen molar-refractivity contribution in [2.75, 3.05) is 5.75 Å². The van der Waals surface area contributed by atoms with Crippen molar-refractivity contribution in [3.8, 4) is 0 Å². The van der Waals surface area contributed by atoms with Crippen molar-refractivity contribution in [2.45, 2.75) is 77.2 Å². The van der Waals surface area contributed by atoms with Gasteiger partial charge in [-0.05, 0) is 19.3 Å². The summed E-state index contributed by atoms with van der Waals surface area (Å²) in [6.45, 7) is 1.99. The van der Waals surface area contributed by atoms with E-state index in [0.29, 0.717) is 6.42 Å². The minimum absolute atomic E-state index is 0. The van der Waals surface area contributed by atoms with Crippen molar-refractivity contribution < 1.29 is 47.6 Å². The molecule has 1 atom stereocenters. The molecule has 0 saturated carbocycles. The van der Waals surface area contributed by atoms with E-state index in [1.54, 1.807) is 0 Å². The molecule has 1 unspecified atom stereocenters. The van der Waals surface area contributed by atoms with Crippen LogP contribution in [0.25, 0.3) is 0 Å². The smallest absolute Gasteiger partial charge is 0.748 e. The van der Waals surface area contributed by atoms with Crippen molar-refractivity contribution >= 4 is 10.1 Å². The molecule has 1 N–H and O–H groups in total. The van der Waals surface area contributed by atoms with E-state index in [1.165, 1.54) is 6.42 Å². The molecule has 0 aliphatic heterocycles. The molecule has 0 aliphatic rings. The van der Waals surface area contributed by atoms with Gasteiger partial charge >= 0.3 is 29.6 Å². The molecule has 0 heterocycles. The van der Waals surface area contributed by atoms with Gasteiger partial charge in [0.05, 0.1) is 16.2 Å². The zero-order valence-corrected chi connectivity index (χ0v) is 15.3. The van der Waals surface area contributed by atoms with Crippen LogP contribution in [-0.2, 0) is 10.1 Å². The largest absolute Gasteiger partial charge is 1.00 e. The first-order valence-corrected chi connectivity index (χ1v) is 8.65. The third kappa shape index (κ3) is 18.9. The first-order valence-electron chi connectivity index (χ1n) is 7.07. The molecule has 0 aliphatic carbocycles. The SMILES string of the molecule is CCC(O)CCCCCCCCCCS(=O)(=O)[O-].[Na+]. The van der Waals surface area contributed by atoms with Crippen molar-refractivity contribution in [1.82, 2.24) is 0 Å². The fourth-order valence-corrected chi connectivity index (χ4v) is 2.48. The van der Waals surface area contributed by atoms with E-state index in [4.69, 9.17) is 0 Å². The summed E-state index contributed by atoms with van der Waals surface area (Å²) in [6, 6.07) is 0. The number of rotatable bonds is 12. The van der Waals surface area contributed by atoms with Gasteiger partial charge in [0, 0.05) is 5.75 Å². The van der Waals surface area contributed by atoms with Gasteiger partial charge in [-0.3, -0.25) is 0 Å². The molecule has 0 saturated heterocycles. The van der Waals surface area contributed by atoms with Gasteiger partial charge in [0.1, 0.15) is 0 Å². The topological polar surface area (TPSA) is 77.4 Å². The number of unbranched alkanes of at least 4 members (excludes halogenated alkanes) is 7. The number of aliphatic hydroxyl groups excluding tert-OH is 1. The van der Waals surface area contributed by atoms with Crippen LogP contribution in [0.1, 0.15) is 71.1 Å². The Morgan fingerprint density at radius 3 is 1.79 bits per heavy atom. The van der Waals surface area contributed by atoms with Gasteiger partial charge in [-0.15, -0.1) is 0 Å². The van der Waals surface area contributed by atoms with Crippen LogP contribution in [0, 0.1) is 0 Å². The molecule has 0 aromatic rings. The Bertz CT molecular complexity index is 280. The van der Waals surface area contributed by atoms with Crippen LogP contribution in [0.4, 0.5) is 0 Å². The summed E-state index contributed by atoms with van der Waals surface area (Å²) in [5.41, 5.74) is 0. The summed E-state index contributed by atoms with van der Waals surface area (Å²) in [4.78, 5) is 0. The van der Waals surface area contributed by atoms with Crippen LogP contribution in [0.2, 0.25) is 0 Å². The zero-order chi connectivity index (χ0) is 13.9. The maximum atomic E-state index is 10.3. The molecular weight excluding hydrogens is 275 g/mol. The summed E-state index contributed by atoms with van der Waals surface area (Å²) < 4.78 is 31.0. The van der Waals surface area contributed by atoms with Crippen molar-refractivity contribution in [3.05, 3.63) is 0 Å². The monoisotopic (exact) mass is 302 g/mol. The Hall–Kier alpha value is 0.870. The summed E-state index contributed by atoms with van der Waals surface area (Å²) in [6.07, 6.45) is 9.62. The second kappa shape index (κ2) is 13.8. The molecule has 0 fully saturated rings. The Balaban J connectivity index is 0. The Morgan fingerprint density at radius 2 is 1.37 bits per heavy atom. The van der Waals surface area contributed by atoms with E-state index in [-0.39, 0.29) is 41.4 Å². The number of hydrogen-bond acceptors (Lipinski definition) is 4. The molecule has 110 valence electrons. The van der Waals surface area contributed by atoms with E-state index < -0.39 is 10.1 Å². The molecule has 19 heavy (non-hydrogen) atoms. The summed E-state index contributed by atoms with van der Waals surface area (Å²) >= 11 is 0. The average molecular weight is 302 g/mol. The maximum absolute atomic E-state index is 10.3. The molecule has 0 aromatic carbocycles. The van der Waals surface area contributed by atoms with E-state index in [0.717, 1.165) is 51.4 Å². The quantitative estimate of drug-likeness (QED) is 0.308. The Kier molecular flexibility index (Phi) is 16.1. The molecule has 0 bridgehead atoms. The van der Waals surface area contributed by atoms with Crippen LogP contribution in [0.15, 0.2) is 0 Å². The standard InChI is InChI=1S/C13H28O4S.Na/c1-2-13(14)11-9-7-5-3-4-6-8-10-12-18(15,16)17;/h13-14H,2-12H2,1H3,(H,15,16,17);/q;+1/p-1. The maximum Gasteiger partial charge on any atom is 1.00 e. The third-order valence-electron chi connectivity index (χ3n) is 3.15. The first-order chi connectivity index (χ1) is 8.45. The molecule has 0 aromatic heterocycles. The molecule has 0 rings (SSSR count). The molecule has 0 radical (unpaired) electrons. The van der Waals surface area contributed by atoms with E-state index >= 15 is 0 Å². The van der Waals surface area contributed by atoms with E-state index in [2.05, 4.69) is 0 Å². The molecule has 0 spiro atoms. The van der Waals surface area contributed by atoms with Gasteiger partial charge < -0.3 is 9.66 Å². The molecular formula is C13H27NaO4S. The van der Waals surface area contributed by atoms with Crippen LogP contribution < -0.4 is 29.6 Å². The number of aliphatic hydroxyl groups is 1. The van der Waals surface area contributed by atoms with Crippen LogP contribution >= 0.6 is 0 Å². The van der Waals surface area contributed by atoms with Crippen LogP contribution in [-0.4, -0.2) is 29.9 Å². The second-order valence-electron chi connectivity index (χ2n) is 4.94. The Labute approximate surface area is 140 Å².